The van der Waals surface area contributed by atoms with Gasteiger partial charge >= 0.3 is 5.97 Å². The fourth-order valence-corrected chi connectivity index (χ4v) is 2.47. The molecule has 0 bridgehead atoms. The highest BCUT2D eigenvalue weighted by molar-refractivity contribution is 5.77. The summed E-state index contributed by atoms with van der Waals surface area (Å²) in [4.78, 5) is 14.3. The molecule has 21 heavy (non-hydrogen) atoms. The van der Waals surface area contributed by atoms with Crippen molar-refractivity contribution in [3.05, 3.63) is 35.9 Å². The highest BCUT2D eigenvalue weighted by atomic mass is 16.5. The molecule has 1 heterocycles. The van der Waals surface area contributed by atoms with Crippen molar-refractivity contribution in [1.82, 2.24) is 10.2 Å². The number of morpholine rings is 1. The van der Waals surface area contributed by atoms with Gasteiger partial charge in [0, 0.05) is 13.1 Å². The van der Waals surface area contributed by atoms with Crippen LogP contribution < -0.4 is 5.32 Å². The van der Waals surface area contributed by atoms with E-state index in [0.29, 0.717) is 0 Å². The maximum Gasteiger partial charge on any atom is 0.327 e. The zero-order valence-corrected chi connectivity index (χ0v) is 12.6. The van der Waals surface area contributed by atoms with Crippen LogP contribution in [0.1, 0.15) is 18.0 Å². The molecule has 1 atom stereocenters. The van der Waals surface area contributed by atoms with E-state index in [1.807, 2.05) is 30.3 Å². The molecule has 5 heteroatoms. The monoisotopic (exact) mass is 292 g/mol. The van der Waals surface area contributed by atoms with E-state index in [2.05, 4.69) is 10.2 Å². The topological polar surface area (TPSA) is 50.8 Å². The largest absolute Gasteiger partial charge is 0.468 e. The summed E-state index contributed by atoms with van der Waals surface area (Å²) in [7, 11) is 1.42. The third-order valence-corrected chi connectivity index (χ3v) is 3.67. The minimum absolute atomic E-state index is 0.243. The fraction of sp³-hybridized carbons (Fsp3) is 0.562. The molecule has 1 aromatic carbocycles. The van der Waals surface area contributed by atoms with Crippen LogP contribution in [0.5, 0.6) is 0 Å². The van der Waals surface area contributed by atoms with Gasteiger partial charge in [0.05, 0.1) is 20.3 Å². The number of hydrogen-bond acceptors (Lipinski definition) is 5. The summed E-state index contributed by atoms with van der Waals surface area (Å²) in [5.74, 6) is -0.243. The van der Waals surface area contributed by atoms with Crippen molar-refractivity contribution in [2.45, 2.75) is 12.5 Å². The van der Waals surface area contributed by atoms with E-state index in [4.69, 9.17) is 9.47 Å². The Morgan fingerprint density at radius 1 is 1.33 bits per heavy atom. The summed E-state index contributed by atoms with van der Waals surface area (Å²) in [6.45, 7) is 5.45. The first-order valence-corrected chi connectivity index (χ1v) is 7.47. The van der Waals surface area contributed by atoms with Gasteiger partial charge in [-0.15, -0.1) is 0 Å². The lowest BCUT2D eigenvalue weighted by atomic mass is 10.1. The maximum absolute atomic E-state index is 11.9. The molecule has 5 nitrogen and oxygen atoms in total. The molecule has 116 valence electrons. The van der Waals surface area contributed by atoms with Crippen LogP contribution in [-0.4, -0.2) is 57.4 Å². The van der Waals surface area contributed by atoms with Gasteiger partial charge in [0.2, 0.25) is 0 Å². The number of carbonyl (C=O) groups is 1. The zero-order valence-electron chi connectivity index (χ0n) is 12.6. The van der Waals surface area contributed by atoms with E-state index >= 15 is 0 Å². The smallest absolute Gasteiger partial charge is 0.327 e. The van der Waals surface area contributed by atoms with E-state index in [-0.39, 0.29) is 12.0 Å². The standard InChI is InChI=1S/C16H24N2O3/c1-20-16(19)15(14-6-3-2-4-7-14)17-8-5-9-18-10-12-21-13-11-18/h2-4,6-7,15,17H,5,8-13H2,1H3. The Morgan fingerprint density at radius 2 is 2.05 bits per heavy atom. The predicted molar refractivity (Wildman–Crippen MR) is 81.1 cm³/mol. The number of esters is 1. The first kappa shape index (κ1) is 15.9. The molecule has 0 aromatic heterocycles. The van der Waals surface area contributed by atoms with E-state index in [1.165, 1.54) is 7.11 Å². The molecular formula is C16H24N2O3. The Hall–Kier alpha value is -1.43. The molecule has 0 amide bonds. The highest BCUT2D eigenvalue weighted by Crippen LogP contribution is 2.14. The van der Waals surface area contributed by atoms with Gasteiger partial charge in [-0.3, -0.25) is 4.90 Å². The molecule has 1 unspecified atom stereocenters. The SMILES string of the molecule is COC(=O)C(NCCCN1CCOCC1)c1ccccc1. The molecule has 1 aliphatic rings. The van der Waals surface area contributed by atoms with Gasteiger partial charge in [0.1, 0.15) is 6.04 Å². The van der Waals surface area contributed by atoms with Crippen LogP contribution >= 0.6 is 0 Å². The Balaban J connectivity index is 1.78. The average Bonchev–Trinajstić information content (AvgIpc) is 2.56. The molecule has 2 rings (SSSR count). The number of nitrogens with one attached hydrogen (secondary N) is 1. The van der Waals surface area contributed by atoms with E-state index < -0.39 is 0 Å². The first-order chi connectivity index (χ1) is 10.3. The molecule has 0 radical (unpaired) electrons. The number of carbonyl (C=O) groups excluding carboxylic acids is 1. The number of benzene rings is 1. The minimum Gasteiger partial charge on any atom is -0.468 e. The fourth-order valence-electron chi connectivity index (χ4n) is 2.47. The van der Waals surface area contributed by atoms with Crippen molar-refractivity contribution in [2.75, 3.05) is 46.5 Å². The Kier molecular flexibility index (Phi) is 6.66. The third-order valence-electron chi connectivity index (χ3n) is 3.67. The molecule has 0 saturated carbocycles. The van der Waals surface area contributed by atoms with E-state index in [9.17, 15) is 4.79 Å². The summed E-state index contributed by atoms with van der Waals surface area (Å²) in [5.41, 5.74) is 0.940. The van der Waals surface area contributed by atoms with Gasteiger partial charge in [-0.1, -0.05) is 30.3 Å². The quantitative estimate of drug-likeness (QED) is 0.605. The molecule has 1 aliphatic heterocycles. The van der Waals surface area contributed by atoms with Gasteiger partial charge in [-0.25, -0.2) is 4.79 Å². The van der Waals surface area contributed by atoms with Gasteiger partial charge in [0.25, 0.3) is 0 Å². The van der Waals surface area contributed by atoms with Crippen LogP contribution in [0.2, 0.25) is 0 Å². The summed E-state index contributed by atoms with van der Waals surface area (Å²) in [5, 5.41) is 3.29. The average molecular weight is 292 g/mol. The van der Waals surface area contributed by atoms with Gasteiger partial charge in [-0.2, -0.15) is 0 Å². The second-order valence-corrected chi connectivity index (χ2v) is 5.13. The van der Waals surface area contributed by atoms with Gasteiger partial charge < -0.3 is 14.8 Å². The number of methoxy groups -OCH3 is 1. The van der Waals surface area contributed by atoms with E-state index in [1.54, 1.807) is 0 Å². The Labute approximate surface area is 126 Å². The second-order valence-electron chi connectivity index (χ2n) is 5.13. The number of ether oxygens (including phenoxy) is 2. The second kappa shape index (κ2) is 8.77. The van der Waals surface area contributed by atoms with E-state index in [0.717, 1.165) is 51.4 Å². The molecule has 0 spiro atoms. The van der Waals surface area contributed by atoms with Crippen LogP contribution in [0.15, 0.2) is 30.3 Å². The lowest BCUT2D eigenvalue weighted by Gasteiger charge is -2.26. The first-order valence-electron chi connectivity index (χ1n) is 7.47. The van der Waals surface area contributed by atoms with Gasteiger partial charge in [0.15, 0.2) is 0 Å². The van der Waals surface area contributed by atoms with Crippen molar-refractivity contribution < 1.29 is 14.3 Å². The molecule has 1 saturated heterocycles. The summed E-state index contributed by atoms with van der Waals surface area (Å²) >= 11 is 0. The number of hydrogen-bond donors (Lipinski definition) is 1. The van der Waals surface area contributed by atoms with Crippen LogP contribution in [0.3, 0.4) is 0 Å². The van der Waals surface area contributed by atoms with Crippen molar-refractivity contribution in [3.8, 4) is 0 Å². The predicted octanol–water partition coefficient (Wildman–Crippen LogP) is 1.21. The summed E-state index contributed by atoms with van der Waals surface area (Å²) in [6, 6.07) is 9.30. The Morgan fingerprint density at radius 3 is 2.71 bits per heavy atom. The maximum atomic E-state index is 11.9. The van der Waals surface area contributed by atoms with Crippen molar-refractivity contribution >= 4 is 5.97 Å². The van der Waals surface area contributed by atoms with Gasteiger partial charge in [-0.05, 0) is 25.1 Å². The lowest BCUT2D eigenvalue weighted by Crippen LogP contribution is -2.38. The van der Waals surface area contributed by atoms with Crippen LogP contribution in [-0.2, 0) is 14.3 Å². The Bertz CT molecular complexity index is 419. The minimum atomic E-state index is -0.388. The summed E-state index contributed by atoms with van der Waals surface area (Å²) in [6.07, 6.45) is 1.00. The van der Waals surface area contributed by atoms with Crippen molar-refractivity contribution in [1.29, 1.82) is 0 Å². The van der Waals surface area contributed by atoms with Crippen LogP contribution in [0.25, 0.3) is 0 Å². The van der Waals surface area contributed by atoms with Crippen molar-refractivity contribution in [2.24, 2.45) is 0 Å². The zero-order chi connectivity index (χ0) is 14.9. The molecular weight excluding hydrogens is 268 g/mol. The molecule has 0 aliphatic carbocycles. The van der Waals surface area contributed by atoms with Crippen LogP contribution in [0, 0.1) is 0 Å². The van der Waals surface area contributed by atoms with Crippen molar-refractivity contribution in [3.63, 3.8) is 0 Å². The highest BCUT2D eigenvalue weighted by Gasteiger charge is 2.20. The lowest BCUT2D eigenvalue weighted by molar-refractivity contribution is -0.143. The normalized spacial score (nSPS) is 17.4. The number of nitrogens with zero attached hydrogens (tertiary/aromatic N) is 1. The molecule has 1 N–H and O–H groups in total. The molecule has 1 fully saturated rings. The molecule has 1 aromatic rings. The summed E-state index contributed by atoms with van der Waals surface area (Å²) < 4.78 is 10.2. The number of rotatable bonds is 7. The third kappa shape index (κ3) is 5.12. The van der Waals surface area contributed by atoms with Crippen LogP contribution in [0.4, 0.5) is 0 Å².